The molecule has 1 rings (SSSR count). The van der Waals surface area contributed by atoms with Crippen molar-refractivity contribution < 1.29 is 9.53 Å². The minimum Gasteiger partial charge on any atom is -0.372 e. The number of rotatable bonds is 7. The molecule has 0 spiro atoms. The predicted octanol–water partition coefficient (Wildman–Crippen LogP) is 0.709. The monoisotopic (exact) mass is 236 g/mol. The highest BCUT2D eigenvalue weighted by Gasteiger charge is 2.11. The van der Waals surface area contributed by atoms with Crippen LogP contribution in [0.2, 0.25) is 0 Å². The van der Waals surface area contributed by atoms with Gasteiger partial charge in [-0.05, 0) is 18.9 Å². The SMILES string of the molecule is CCOCC(=O)NC(CN)Cc1ccccc1. The summed E-state index contributed by atoms with van der Waals surface area (Å²) < 4.78 is 5.04. The molecule has 0 aliphatic carbocycles. The number of carbonyl (C=O) groups is 1. The van der Waals surface area contributed by atoms with Gasteiger partial charge in [0.1, 0.15) is 6.61 Å². The fourth-order valence-corrected chi connectivity index (χ4v) is 1.56. The van der Waals surface area contributed by atoms with Gasteiger partial charge in [0, 0.05) is 19.2 Å². The second-order valence-electron chi connectivity index (χ2n) is 3.83. The maximum absolute atomic E-state index is 11.5. The van der Waals surface area contributed by atoms with Crippen molar-refractivity contribution in [2.75, 3.05) is 19.8 Å². The number of amides is 1. The summed E-state index contributed by atoms with van der Waals surface area (Å²) in [5.41, 5.74) is 6.81. The van der Waals surface area contributed by atoms with E-state index < -0.39 is 0 Å². The number of benzene rings is 1. The summed E-state index contributed by atoms with van der Waals surface area (Å²) in [6.45, 7) is 2.92. The van der Waals surface area contributed by atoms with Gasteiger partial charge in [0.2, 0.25) is 5.91 Å². The first kappa shape index (κ1) is 13.7. The molecule has 1 unspecified atom stereocenters. The van der Waals surface area contributed by atoms with E-state index in [4.69, 9.17) is 10.5 Å². The van der Waals surface area contributed by atoms with Crippen LogP contribution in [0.5, 0.6) is 0 Å². The molecular weight excluding hydrogens is 216 g/mol. The van der Waals surface area contributed by atoms with Gasteiger partial charge in [-0.15, -0.1) is 0 Å². The topological polar surface area (TPSA) is 64.3 Å². The Morgan fingerprint density at radius 3 is 2.71 bits per heavy atom. The molecule has 1 aromatic rings. The first-order valence-electron chi connectivity index (χ1n) is 5.87. The van der Waals surface area contributed by atoms with Crippen LogP contribution in [0, 0.1) is 0 Å². The van der Waals surface area contributed by atoms with Crippen LogP contribution in [0.1, 0.15) is 12.5 Å². The Hall–Kier alpha value is -1.39. The van der Waals surface area contributed by atoms with Gasteiger partial charge in [-0.2, -0.15) is 0 Å². The number of hydrogen-bond donors (Lipinski definition) is 2. The third-order valence-corrected chi connectivity index (χ3v) is 2.41. The highest BCUT2D eigenvalue weighted by Crippen LogP contribution is 2.02. The first-order valence-corrected chi connectivity index (χ1v) is 5.87. The van der Waals surface area contributed by atoms with Gasteiger partial charge in [-0.25, -0.2) is 0 Å². The number of hydrogen-bond acceptors (Lipinski definition) is 3. The molecular formula is C13H20N2O2. The van der Waals surface area contributed by atoms with E-state index in [1.54, 1.807) is 0 Å². The van der Waals surface area contributed by atoms with Crippen molar-refractivity contribution in [3.05, 3.63) is 35.9 Å². The Kier molecular flexibility index (Phi) is 6.29. The van der Waals surface area contributed by atoms with Gasteiger partial charge in [0.15, 0.2) is 0 Å². The Bertz CT molecular complexity index is 327. The maximum Gasteiger partial charge on any atom is 0.246 e. The van der Waals surface area contributed by atoms with Crippen molar-refractivity contribution in [1.29, 1.82) is 0 Å². The van der Waals surface area contributed by atoms with E-state index in [1.807, 2.05) is 37.3 Å². The Labute approximate surface area is 102 Å². The lowest BCUT2D eigenvalue weighted by Crippen LogP contribution is -2.43. The summed E-state index contributed by atoms with van der Waals surface area (Å²) in [6.07, 6.45) is 0.745. The standard InChI is InChI=1S/C13H20N2O2/c1-2-17-10-13(16)15-12(9-14)8-11-6-4-3-5-7-11/h3-7,12H,2,8-10,14H2,1H3,(H,15,16). The van der Waals surface area contributed by atoms with Gasteiger partial charge < -0.3 is 15.8 Å². The molecule has 0 radical (unpaired) electrons. The summed E-state index contributed by atoms with van der Waals surface area (Å²) >= 11 is 0. The van der Waals surface area contributed by atoms with Crippen LogP contribution >= 0.6 is 0 Å². The van der Waals surface area contributed by atoms with E-state index in [0.29, 0.717) is 13.2 Å². The predicted molar refractivity (Wildman–Crippen MR) is 67.6 cm³/mol. The molecule has 1 amide bonds. The van der Waals surface area contributed by atoms with E-state index in [2.05, 4.69) is 5.32 Å². The fourth-order valence-electron chi connectivity index (χ4n) is 1.56. The molecule has 0 saturated heterocycles. The summed E-state index contributed by atoms with van der Waals surface area (Å²) in [5.74, 6) is -0.113. The normalized spacial score (nSPS) is 12.1. The molecule has 4 heteroatoms. The Morgan fingerprint density at radius 2 is 2.12 bits per heavy atom. The molecule has 0 bridgehead atoms. The van der Waals surface area contributed by atoms with E-state index in [0.717, 1.165) is 6.42 Å². The lowest BCUT2D eigenvalue weighted by atomic mass is 10.1. The zero-order chi connectivity index (χ0) is 12.5. The lowest BCUT2D eigenvalue weighted by Gasteiger charge is -2.16. The first-order chi connectivity index (χ1) is 8.26. The lowest BCUT2D eigenvalue weighted by molar-refractivity contribution is -0.126. The summed E-state index contributed by atoms with van der Waals surface area (Å²) in [5, 5.41) is 2.86. The van der Waals surface area contributed by atoms with Crippen molar-refractivity contribution >= 4 is 5.91 Å². The van der Waals surface area contributed by atoms with Crippen LogP contribution in [0.15, 0.2) is 30.3 Å². The zero-order valence-electron chi connectivity index (χ0n) is 10.2. The average Bonchev–Trinajstić information content (AvgIpc) is 2.36. The zero-order valence-corrected chi connectivity index (χ0v) is 10.2. The van der Waals surface area contributed by atoms with Crippen LogP contribution in [0.4, 0.5) is 0 Å². The number of nitrogens with one attached hydrogen (secondary N) is 1. The van der Waals surface area contributed by atoms with Crippen molar-refractivity contribution in [3.8, 4) is 0 Å². The van der Waals surface area contributed by atoms with E-state index in [9.17, 15) is 4.79 Å². The quantitative estimate of drug-likeness (QED) is 0.733. The van der Waals surface area contributed by atoms with Crippen molar-refractivity contribution in [1.82, 2.24) is 5.32 Å². The molecule has 17 heavy (non-hydrogen) atoms. The molecule has 3 N–H and O–H groups in total. The molecule has 0 saturated carbocycles. The molecule has 0 aliphatic heterocycles. The number of ether oxygens (including phenoxy) is 1. The van der Waals surface area contributed by atoms with Crippen molar-refractivity contribution in [3.63, 3.8) is 0 Å². The van der Waals surface area contributed by atoms with Gasteiger partial charge in [0.05, 0.1) is 0 Å². The van der Waals surface area contributed by atoms with E-state index >= 15 is 0 Å². The molecule has 0 aromatic heterocycles. The summed E-state index contributed by atoms with van der Waals surface area (Å²) in [4.78, 5) is 11.5. The third kappa shape index (κ3) is 5.47. The average molecular weight is 236 g/mol. The second-order valence-corrected chi connectivity index (χ2v) is 3.83. The van der Waals surface area contributed by atoms with E-state index in [1.165, 1.54) is 5.56 Å². The van der Waals surface area contributed by atoms with Gasteiger partial charge >= 0.3 is 0 Å². The number of carbonyl (C=O) groups excluding carboxylic acids is 1. The van der Waals surface area contributed by atoms with Crippen molar-refractivity contribution in [2.45, 2.75) is 19.4 Å². The Morgan fingerprint density at radius 1 is 1.41 bits per heavy atom. The molecule has 4 nitrogen and oxygen atoms in total. The second kappa shape index (κ2) is 7.81. The minimum atomic E-state index is -0.113. The van der Waals surface area contributed by atoms with Crippen LogP contribution in [-0.2, 0) is 16.0 Å². The van der Waals surface area contributed by atoms with Crippen LogP contribution in [-0.4, -0.2) is 31.7 Å². The van der Waals surface area contributed by atoms with Crippen LogP contribution < -0.4 is 11.1 Å². The third-order valence-electron chi connectivity index (χ3n) is 2.41. The minimum absolute atomic E-state index is 0.0367. The smallest absolute Gasteiger partial charge is 0.246 e. The van der Waals surface area contributed by atoms with Gasteiger partial charge in [-0.1, -0.05) is 30.3 Å². The molecule has 0 heterocycles. The summed E-state index contributed by atoms with van der Waals surface area (Å²) in [6, 6.07) is 9.93. The molecule has 1 aromatic carbocycles. The Balaban J connectivity index is 2.41. The highest BCUT2D eigenvalue weighted by molar-refractivity contribution is 5.77. The largest absolute Gasteiger partial charge is 0.372 e. The van der Waals surface area contributed by atoms with Gasteiger partial charge in [-0.3, -0.25) is 4.79 Å². The van der Waals surface area contributed by atoms with Gasteiger partial charge in [0.25, 0.3) is 0 Å². The maximum atomic E-state index is 11.5. The van der Waals surface area contributed by atoms with Crippen molar-refractivity contribution in [2.24, 2.45) is 5.73 Å². The molecule has 94 valence electrons. The molecule has 0 fully saturated rings. The summed E-state index contributed by atoms with van der Waals surface area (Å²) in [7, 11) is 0. The molecule has 1 atom stereocenters. The highest BCUT2D eigenvalue weighted by atomic mass is 16.5. The number of nitrogens with two attached hydrogens (primary N) is 1. The van der Waals surface area contributed by atoms with Crippen LogP contribution in [0.25, 0.3) is 0 Å². The van der Waals surface area contributed by atoms with E-state index in [-0.39, 0.29) is 18.6 Å². The fraction of sp³-hybridized carbons (Fsp3) is 0.462. The molecule has 0 aliphatic rings. The van der Waals surface area contributed by atoms with Crippen LogP contribution in [0.3, 0.4) is 0 Å².